The quantitative estimate of drug-likeness (QED) is 0.310. The number of nitrogens with one attached hydrogen (secondary N) is 1. The van der Waals surface area contributed by atoms with E-state index in [1.54, 1.807) is 6.07 Å². The van der Waals surface area contributed by atoms with Crippen molar-refractivity contribution < 1.29 is 18.6 Å². The number of likely N-dealkylation sites (tertiary alicyclic amines) is 1. The summed E-state index contributed by atoms with van der Waals surface area (Å²) >= 11 is 0. The van der Waals surface area contributed by atoms with E-state index in [-0.39, 0.29) is 41.6 Å². The molecule has 1 atom stereocenters. The second kappa shape index (κ2) is 13.3. The number of halogens is 2. The third-order valence-electron chi connectivity index (χ3n) is 5.33. The normalized spacial score (nSPS) is 20.2. The van der Waals surface area contributed by atoms with Gasteiger partial charge in [0.25, 0.3) is 0 Å². The van der Waals surface area contributed by atoms with Crippen LogP contribution in [0.3, 0.4) is 0 Å². The van der Waals surface area contributed by atoms with Crippen LogP contribution in [0.5, 0.6) is 5.75 Å². The molecule has 1 aromatic carbocycles. The molecule has 3 rings (SSSR count). The number of ether oxygens (including phenoxy) is 3. The molecule has 6 nitrogen and oxygen atoms in total. The second-order valence-corrected chi connectivity index (χ2v) is 7.52. The number of rotatable bonds is 8. The number of nitrogens with zero attached hydrogens (tertiary/aromatic N) is 2. The highest BCUT2D eigenvalue weighted by Gasteiger charge is 2.24. The van der Waals surface area contributed by atoms with Crippen molar-refractivity contribution in [1.82, 2.24) is 10.2 Å². The Morgan fingerprint density at radius 2 is 2.07 bits per heavy atom. The van der Waals surface area contributed by atoms with Gasteiger partial charge in [0.1, 0.15) is 0 Å². The molecule has 2 aliphatic heterocycles. The zero-order valence-electron chi connectivity index (χ0n) is 18.1. The van der Waals surface area contributed by atoms with Crippen molar-refractivity contribution >= 4 is 29.9 Å². The molecule has 30 heavy (non-hydrogen) atoms. The van der Waals surface area contributed by atoms with E-state index in [2.05, 4.69) is 17.1 Å². The lowest BCUT2D eigenvalue weighted by Gasteiger charge is -2.34. The number of hydrogen-bond acceptors (Lipinski definition) is 4. The van der Waals surface area contributed by atoms with Crippen molar-refractivity contribution in [2.75, 3.05) is 39.5 Å². The molecule has 2 saturated heterocycles. The van der Waals surface area contributed by atoms with Crippen LogP contribution in [0, 0.1) is 5.82 Å². The number of guanidine groups is 1. The first kappa shape index (κ1) is 25.1. The van der Waals surface area contributed by atoms with Crippen LogP contribution in [-0.4, -0.2) is 62.5 Å². The first-order chi connectivity index (χ1) is 14.2. The Labute approximate surface area is 196 Å². The van der Waals surface area contributed by atoms with Gasteiger partial charge in [-0.05, 0) is 57.2 Å². The molecule has 0 aromatic heterocycles. The predicted molar refractivity (Wildman–Crippen MR) is 127 cm³/mol. The van der Waals surface area contributed by atoms with E-state index >= 15 is 0 Å². The first-order valence-corrected chi connectivity index (χ1v) is 10.9. The first-order valence-electron chi connectivity index (χ1n) is 10.9. The SMILES string of the molecule is CCNC(=NCc1ccc(OCC)c(F)c1)N1CCC(OCC2CCCO2)CC1.I. The third kappa shape index (κ3) is 7.53. The average molecular weight is 535 g/mol. The van der Waals surface area contributed by atoms with Crippen LogP contribution in [0.4, 0.5) is 4.39 Å². The minimum absolute atomic E-state index is 0. The summed E-state index contributed by atoms with van der Waals surface area (Å²) in [5, 5.41) is 3.36. The van der Waals surface area contributed by atoms with Crippen LogP contribution in [0.1, 0.15) is 45.1 Å². The van der Waals surface area contributed by atoms with E-state index in [4.69, 9.17) is 19.2 Å². The fourth-order valence-corrected chi connectivity index (χ4v) is 3.76. The van der Waals surface area contributed by atoms with Gasteiger partial charge in [-0.1, -0.05) is 6.07 Å². The van der Waals surface area contributed by atoms with Crippen LogP contribution < -0.4 is 10.1 Å². The Balaban J connectivity index is 0.00000320. The molecule has 2 heterocycles. The summed E-state index contributed by atoms with van der Waals surface area (Å²) < 4.78 is 31.0. The van der Waals surface area contributed by atoms with Gasteiger partial charge in [-0.25, -0.2) is 9.38 Å². The topological polar surface area (TPSA) is 55.3 Å². The molecule has 0 spiro atoms. The van der Waals surface area contributed by atoms with E-state index in [0.29, 0.717) is 25.9 Å². The smallest absolute Gasteiger partial charge is 0.194 e. The zero-order valence-corrected chi connectivity index (χ0v) is 20.4. The Morgan fingerprint density at radius 1 is 1.27 bits per heavy atom. The number of aliphatic imine (C=N–C) groups is 1. The van der Waals surface area contributed by atoms with Gasteiger partial charge in [0.15, 0.2) is 17.5 Å². The summed E-state index contributed by atoms with van der Waals surface area (Å²) in [6, 6.07) is 5.04. The molecule has 0 radical (unpaired) electrons. The molecule has 2 aliphatic rings. The Morgan fingerprint density at radius 3 is 2.70 bits per heavy atom. The molecule has 0 aliphatic carbocycles. The summed E-state index contributed by atoms with van der Waals surface area (Å²) in [6.07, 6.45) is 4.79. The van der Waals surface area contributed by atoms with Gasteiger partial charge in [0.2, 0.25) is 0 Å². The van der Waals surface area contributed by atoms with Gasteiger partial charge in [-0.3, -0.25) is 0 Å². The van der Waals surface area contributed by atoms with Gasteiger partial charge in [-0.15, -0.1) is 24.0 Å². The summed E-state index contributed by atoms with van der Waals surface area (Å²) in [7, 11) is 0. The van der Waals surface area contributed by atoms with E-state index in [1.807, 2.05) is 13.0 Å². The highest BCUT2D eigenvalue weighted by molar-refractivity contribution is 14.0. The molecule has 1 aromatic rings. The van der Waals surface area contributed by atoms with Crippen molar-refractivity contribution in [1.29, 1.82) is 0 Å². The number of benzene rings is 1. The van der Waals surface area contributed by atoms with Crippen LogP contribution in [0.2, 0.25) is 0 Å². The molecule has 8 heteroatoms. The van der Waals surface area contributed by atoms with E-state index < -0.39 is 0 Å². The number of piperidine rings is 1. The average Bonchev–Trinajstić information content (AvgIpc) is 3.26. The monoisotopic (exact) mass is 535 g/mol. The lowest BCUT2D eigenvalue weighted by atomic mass is 10.1. The van der Waals surface area contributed by atoms with Gasteiger partial charge in [-0.2, -0.15) is 0 Å². The summed E-state index contributed by atoms with van der Waals surface area (Å²) in [6.45, 7) is 8.97. The van der Waals surface area contributed by atoms with Crippen molar-refractivity contribution in [3.63, 3.8) is 0 Å². The fourth-order valence-electron chi connectivity index (χ4n) is 3.76. The molecular formula is C22H35FIN3O3. The molecule has 0 bridgehead atoms. The molecular weight excluding hydrogens is 500 g/mol. The second-order valence-electron chi connectivity index (χ2n) is 7.52. The lowest BCUT2D eigenvalue weighted by molar-refractivity contribution is -0.0367. The van der Waals surface area contributed by atoms with Crippen LogP contribution in [0.25, 0.3) is 0 Å². The van der Waals surface area contributed by atoms with E-state index in [9.17, 15) is 4.39 Å². The van der Waals surface area contributed by atoms with Crippen LogP contribution in [0.15, 0.2) is 23.2 Å². The van der Waals surface area contributed by atoms with E-state index in [1.165, 1.54) is 6.07 Å². The van der Waals surface area contributed by atoms with Gasteiger partial charge in [0, 0.05) is 26.2 Å². The molecule has 1 N–H and O–H groups in total. The van der Waals surface area contributed by atoms with E-state index in [0.717, 1.165) is 63.4 Å². The minimum atomic E-state index is -0.339. The largest absolute Gasteiger partial charge is 0.491 e. The van der Waals surface area contributed by atoms with Crippen molar-refractivity contribution in [3.8, 4) is 5.75 Å². The fraction of sp³-hybridized carbons (Fsp3) is 0.682. The molecule has 1 unspecified atom stereocenters. The summed E-state index contributed by atoms with van der Waals surface area (Å²) in [4.78, 5) is 6.99. The van der Waals surface area contributed by atoms with Crippen LogP contribution >= 0.6 is 24.0 Å². The summed E-state index contributed by atoms with van der Waals surface area (Å²) in [5.74, 6) is 0.824. The third-order valence-corrected chi connectivity index (χ3v) is 5.33. The summed E-state index contributed by atoms with van der Waals surface area (Å²) in [5.41, 5.74) is 0.830. The highest BCUT2D eigenvalue weighted by Crippen LogP contribution is 2.20. The maximum absolute atomic E-state index is 14.1. The molecule has 2 fully saturated rings. The molecule has 0 amide bonds. The highest BCUT2D eigenvalue weighted by atomic mass is 127. The minimum Gasteiger partial charge on any atom is -0.491 e. The Bertz CT molecular complexity index is 663. The maximum atomic E-state index is 14.1. The predicted octanol–water partition coefficient (Wildman–Crippen LogP) is 3.97. The van der Waals surface area contributed by atoms with Gasteiger partial charge in [0.05, 0.1) is 32.0 Å². The maximum Gasteiger partial charge on any atom is 0.194 e. The standard InChI is InChI=1S/C22H34FN3O3.HI/c1-3-24-22(25-15-17-7-8-21(27-4-2)20(23)14-17)26-11-9-18(10-12-26)29-16-19-6-5-13-28-19;/h7-8,14,18-19H,3-6,9-13,15-16H2,1-2H3,(H,24,25);1H. The lowest BCUT2D eigenvalue weighted by Crippen LogP contribution is -2.47. The molecule has 170 valence electrons. The van der Waals surface area contributed by atoms with Gasteiger partial charge >= 0.3 is 0 Å². The molecule has 0 saturated carbocycles. The van der Waals surface area contributed by atoms with Crippen LogP contribution in [-0.2, 0) is 16.0 Å². The number of hydrogen-bond donors (Lipinski definition) is 1. The van der Waals surface area contributed by atoms with Crippen molar-refractivity contribution in [2.45, 2.75) is 58.3 Å². The Hall–Kier alpha value is -1.13. The van der Waals surface area contributed by atoms with Crippen molar-refractivity contribution in [3.05, 3.63) is 29.6 Å². The Kier molecular flexibility index (Phi) is 11.2. The van der Waals surface area contributed by atoms with Crippen molar-refractivity contribution in [2.24, 2.45) is 4.99 Å². The zero-order chi connectivity index (χ0) is 20.5. The van der Waals surface area contributed by atoms with Gasteiger partial charge < -0.3 is 24.4 Å².